The number of hydrogen-bond donors (Lipinski definition) is 1. The summed E-state index contributed by atoms with van der Waals surface area (Å²) in [5, 5.41) is 12.5. The number of fused-ring (bicyclic) bond motifs is 1. The van der Waals surface area contributed by atoms with Crippen molar-refractivity contribution in [2.75, 3.05) is 18.2 Å². The number of methoxy groups -OCH3 is 1. The van der Waals surface area contributed by atoms with Gasteiger partial charge in [-0.05, 0) is 44.6 Å². The van der Waals surface area contributed by atoms with Crippen LogP contribution >= 0.6 is 23.1 Å². The molecular weight excluding hydrogens is 384 g/mol. The van der Waals surface area contributed by atoms with Crippen LogP contribution in [0.4, 0.5) is 5.00 Å². The van der Waals surface area contributed by atoms with Crippen molar-refractivity contribution in [3.05, 3.63) is 21.8 Å². The first-order valence-electron chi connectivity index (χ1n) is 9.10. The highest BCUT2D eigenvalue weighted by atomic mass is 32.2. The van der Waals surface area contributed by atoms with Gasteiger partial charge in [0.25, 0.3) is 0 Å². The van der Waals surface area contributed by atoms with Crippen LogP contribution in [0.5, 0.6) is 0 Å². The van der Waals surface area contributed by atoms with Gasteiger partial charge < -0.3 is 14.6 Å². The van der Waals surface area contributed by atoms with E-state index in [1.807, 2.05) is 11.5 Å². The lowest BCUT2D eigenvalue weighted by Gasteiger charge is -2.11. The number of thiophene rings is 1. The van der Waals surface area contributed by atoms with Crippen LogP contribution in [0.2, 0.25) is 0 Å². The number of nitrogens with zero attached hydrogens (tertiary/aromatic N) is 3. The lowest BCUT2D eigenvalue weighted by atomic mass is 9.95. The fourth-order valence-electron chi connectivity index (χ4n) is 3.21. The van der Waals surface area contributed by atoms with Crippen molar-refractivity contribution in [2.24, 2.45) is 0 Å². The molecule has 2 aromatic rings. The van der Waals surface area contributed by atoms with E-state index in [4.69, 9.17) is 4.74 Å². The second-order valence-electron chi connectivity index (χ2n) is 6.42. The van der Waals surface area contributed by atoms with Gasteiger partial charge in [-0.2, -0.15) is 0 Å². The van der Waals surface area contributed by atoms with Crippen LogP contribution < -0.4 is 5.32 Å². The molecule has 0 bridgehead atoms. The zero-order valence-corrected chi connectivity index (χ0v) is 17.5. The van der Waals surface area contributed by atoms with Gasteiger partial charge in [0.2, 0.25) is 5.91 Å². The number of ether oxygens (including phenoxy) is 1. The summed E-state index contributed by atoms with van der Waals surface area (Å²) in [7, 11) is 1.37. The fraction of sp³-hybridized carbons (Fsp3) is 0.556. The Hall–Kier alpha value is -1.87. The van der Waals surface area contributed by atoms with Gasteiger partial charge in [0.1, 0.15) is 10.8 Å². The number of amides is 1. The Balaban J connectivity index is 1.71. The first-order valence-corrected chi connectivity index (χ1v) is 10.9. The molecule has 7 nitrogen and oxygen atoms in total. The maximum absolute atomic E-state index is 12.5. The zero-order chi connectivity index (χ0) is 19.4. The van der Waals surface area contributed by atoms with E-state index in [2.05, 4.69) is 22.4 Å². The van der Waals surface area contributed by atoms with E-state index in [9.17, 15) is 9.59 Å². The summed E-state index contributed by atoms with van der Waals surface area (Å²) < 4.78 is 6.96. The molecule has 3 rings (SSSR count). The number of aryl methyl sites for hydroxylation is 2. The molecule has 1 aliphatic rings. The number of rotatable bonds is 7. The lowest BCUT2D eigenvalue weighted by molar-refractivity contribution is -0.113. The summed E-state index contributed by atoms with van der Waals surface area (Å²) in [6, 6.07) is 0. The third-order valence-corrected chi connectivity index (χ3v) is 6.67. The molecule has 0 radical (unpaired) electrons. The summed E-state index contributed by atoms with van der Waals surface area (Å²) >= 11 is 2.85. The van der Waals surface area contributed by atoms with Gasteiger partial charge in [0.05, 0.1) is 18.4 Å². The minimum Gasteiger partial charge on any atom is -0.465 e. The highest BCUT2D eigenvalue weighted by Crippen LogP contribution is 2.38. The molecule has 0 fully saturated rings. The number of aromatic nitrogens is 3. The van der Waals surface area contributed by atoms with Crippen LogP contribution in [0.15, 0.2) is 5.16 Å². The Labute approximate surface area is 166 Å². The maximum Gasteiger partial charge on any atom is 0.341 e. The number of carbonyl (C=O) groups excluding carboxylic acids is 2. The molecule has 1 aliphatic carbocycles. The summed E-state index contributed by atoms with van der Waals surface area (Å²) in [5.41, 5.74) is 1.57. The van der Waals surface area contributed by atoms with Crippen molar-refractivity contribution >= 4 is 40.0 Å². The fourth-order valence-corrected chi connectivity index (χ4v) is 5.32. The van der Waals surface area contributed by atoms with E-state index in [0.29, 0.717) is 10.6 Å². The molecule has 2 heterocycles. The Morgan fingerprint density at radius 1 is 1.30 bits per heavy atom. The van der Waals surface area contributed by atoms with Crippen LogP contribution in [0.25, 0.3) is 0 Å². The smallest absolute Gasteiger partial charge is 0.341 e. The highest BCUT2D eigenvalue weighted by Gasteiger charge is 2.27. The first-order chi connectivity index (χ1) is 13.0. The molecule has 0 spiro atoms. The maximum atomic E-state index is 12.5. The van der Waals surface area contributed by atoms with Gasteiger partial charge in [-0.25, -0.2) is 4.79 Å². The van der Waals surface area contributed by atoms with E-state index < -0.39 is 0 Å². The van der Waals surface area contributed by atoms with Crippen LogP contribution in [0.3, 0.4) is 0 Å². The molecule has 27 heavy (non-hydrogen) atoms. The molecule has 0 unspecified atom stereocenters. The second-order valence-corrected chi connectivity index (χ2v) is 8.47. The molecule has 2 aromatic heterocycles. The Kier molecular flexibility index (Phi) is 6.54. The van der Waals surface area contributed by atoms with Gasteiger partial charge in [0.15, 0.2) is 5.16 Å². The van der Waals surface area contributed by atoms with Crippen molar-refractivity contribution in [1.29, 1.82) is 0 Å². The predicted octanol–water partition coefficient (Wildman–Crippen LogP) is 3.45. The molecule has 1 amide bonds. The van der Waals surface area contributed by atoms with Gasteiger partial charge in [-0.3, -0.25) is 4.79 Å². The van der Waals surface area contributed by atoms with Gasteiger partial charge in [0, 0.05) is 11.4 Å². The molecular formula is C18H24N4O3S2. The minimum atomic E-state index is -0.379. The summed E-state index contributed by atoms with van der Waals surface area (Å²) in [5.74, 6) is 0.521. The van der Waals surface area contributed by atoms with E-state index in [-0.39, 0.29) is 17.6 Å². The molecule has 146 valence electrons. The number of carbonyl (C=O) groups is 2. The number of nitrogens with one attached hydrogen (secondary N) is 1. The largest absolute Gasteiger partial charge is 0.465 e. The molecule has 0 atom stereocenters. The van der Waals surface area contributed by atoms with Gasteiger partial charge in [-0.15, -0.1) is 21.5 Å². The standard InChI is InChI=1S/C18H24N4O3S2/c1-4-9-22-11(2)20-21-18(22)26-10-14(23)19-16-15(17(24)25-3)12-7-5-6-8-13(12)27-16/h4-10H2,1-3H3,(H,19,23). The average Bonchev–Trinajstić information content (AvgIpc) is 3.20. The minimum absolute atomic E-state index is 0.160. The summed E-state index contributed by atoms with van der Waals surface area (Å²) in [6.45, 7) is 4.83. The second kappa shape index (κ2) is 8.88. The molecule has 0 aromatic carbocycles. The van der Waals surface area contributed by atoms with E-state index >= 15 is 0 Å². The molecule has 0 saturated carbocycles. The molecule has 1 N–H and O–H groups in total. The lowest BCUT2D eigenvalue weighted by Crippen LogP contribution is -2.17. The van der Waals surface area contributed by atoms with E-state index in [1.54, 1.807) is 0 Å². The third kappa shape index (κ3) is 4.35. The van der Waals surface area contributed by atoms with Crippen molar-refractivity contribution in [3.63, 3.8) is 0 Å². The predicted molar refractivity (Wildman–Crippen MR) is 107 cm³/mol. The number of hydrogen-bond acceptors (Lipinski definition) is 7. The van der Waals surface area contributed by atoms with Gasteiger partial charge >= 0.3 is 5.97 Å². The number of esters is 1. The normalized spacial score (nSPS) is 13.3. The molecule has 0 saturated heterocycles. The highest BCUT2D eigenvalue weighted by molar-refractivity contribution is 7.99. The van der Waals surface area contributed by atoms with E-state index in [0.717, 1.165) is 55.2 Å². The third-order valence-electron chi connectivity index (χ3n) is 4.50. The zero-order valence-electron chi connectivity index (χ0n) is 15.8. The van der Waals surface area contributed by atoms with Crippen LogP contribution in [-0.4, -0.2) is 39.5 Å². The van der Waals surface area contributed by atoms with Crippen LogP contribution in [0, 0.1) is 6.92 Å². The Bertz CT molecular complexity index is 844. The average molecular weight is 409 g/mol. The monoisotopic (exact) mass is 408 g/mol. The SMILES string of the molecule is CCCn1c(C)nnc1SCC(=O)Nc1sc2c(c1C(=O)OC)CCCC2. The van der Waals surface area contributed by atoms with Crippen LogP contribution in [0.1, 0.15) is 52.8 Å². The first kappa shape index (κ1) is 19.9. The van der Waals surface area contributed by atoms with Gasteiger partial charge in [-0.1, -0.05) is 18.7 Å². The quantitative estimate of drug-likeness (QED) is 0.558. The Morgan fingerprint density at radius 3 is 2.81 bits per heavy atom. The summed E-state index contributed by atoms with van der Waals surface area (Å²) in [6.07, 6.45) is 4.96. The van der Waals surface area contributed by atoms with Crippen LogP contribution in [-0.2, 0) is 28.9 Å². The topological polar surface area (TPSA) is 86.1 Å². The molecule has 9 heteroatoms. The molecule has 0 aliphatic heterocycles. The van der Waals surface area contributed by atoms with Crippen molar-refractivity contribution in [1.82, 2.24) is 14.8 Å². The Morgan fingerprint density at radius 2 is 2.07 bits per heavy atom. The number of thioether (sulfide) groups is 1. The number of anilines is 1. The van der Waals surface area contributed by atoms with E-state index in [1.165, 1.54) is 35.1 Å². The summed E-state index contributed by atoms with van der Waals surface area (Å²) in [4.78, 5) is 25.9. The van der Waals surface area contributed by atoms with Crippen molar-refractivity contribution in [3.8, 4) is 0 Å². The van der Waals surface area contributed by atoms with Crippen molar-refractivity contribution in [2.45, 2.75) is 57.7 Å². The van der Waals surface area contributed by atoms with Crippen molar-refractivity contribution < 1.29 is 14.3 Å².